The summed E-state index contributed by atoms with van der Waals surface area (Å²) in [5.41, 5.74) is 0.628. The molecular formula is C16H19ClO5. The van der Waals surface area contributed by atoms with Crippen LogP contribution in [0.1, 0.15) is 38.5 Å². The summed E-state index contributed by atoms with van der Waals surface area (Å²) in [6.07, 6.45) is 2.96. The van der Waals surface area contributed by atoms with Gasteiger partial charge in [-0.2, -0.15) is 0 Å². The molecule has 6 heteroatoms. The summed E-state index contributed by atoms with van der Waals surface area (Å²) >= 11 is 6.03. The number of halogens is 1. The van der Waals surface area contributed by atoms with Crippen molar-refractivity contribution in [3.05, 3.63) is 41.3 Å². The predicted octanol–water partition coefficient (Wildman–Crippen LogP) is 3.97. The molecular weight excluding hydrogens is 308 g/mol. The Kier molecular flexibility index (Phi) is 5.95. The summed E-state index contributed by atoms with van der Waals surface area (Å²) in [5, 5.41) is 0.532. The molecule has 1 aliphatic heterocycles. The van der Waals surface area contributed by atoms with Crippen LogP contribution in [0.4, 0.5) is 0 Å². The predicted molar refractivity (Wildman–Crippen MR) is 81.5 cm³/mol. The molecule has 0 saturated heterocycles. The van der Waals surface area contributed by atoms with E-state index in [1.54, 1.807) is 25.1 Å². The second-order valence-electron chi connectivity index (χ2n) is 4.71. The van der Waals surface area contributed by atoms with Crippen molar-refractivity contribution in [1.82, 2.24) is 0 Å². The zero-order chi connectivity index (χ0) is 15.9. The highest BCUT2D eigenvalue weighted by molar-refractivity contribution is 6.30. The first kappa shape index (κ1) is 16.5. The second-order valence-corrected chi connectivity index (χ2v) is 5.14. The fourth-order valence-corrected chi connectivity index (χ4v) is 2.25. The quantitative estimate of drug-likeness (QED) is 0.710. The molecule has 1 unspecified atom stereocenters. The normalized spacial score (nSPS) is 15.0. The van der Waals surface area contributed by atoms with Gasteiger partial charge in [0.15, 0.2) is 6.10 Å². The molecule has 120 valence electrons. The first-order valence-corrected chi connectivity index (χ1v) is 7.62. The van der Waals surface area contributed by atoms with E-state index in [-0.39, 0.29) is 5.97 Å². The molecule has 0 radical (unpaired) electrons. The zero-order valence-corrected chi connectivity index (χ0v) is 13.3. The monoisotopic (exact) mass is 326 g/mol. The fraction of sp³-hybridized carbons (Fsp3) is 0.438. The van der Waals surface area contributed by atoms with Gasteiger partial charge in [0.25, 0.3) is 6.29 Å². The first-order valence-electron chi connectivity index (χ1n) is 7.24. The van der Waals surface area contributed by atoms with Crippen molar-refractivity contribution in [2.24, 2.45) is 0 Å². The summed E-state index contributed by atoms with van der Waals surface area (Å²) < 4.78 is 21.6. The van der Waals surface area contributed by atoms with Gasteiger partial charge < -0.3 is 18.9 Å². The van der Waals surface area contributed by atoms with Gasteiger partial charge >= 0.3 is 5.97 Å². The SMILES string of the molecule is CCCC(Oc1ccc(Cl)cc1C1OC=CO1)C(=O)OCC. The third-order valence-corrected chi connectivity index (χ3v) is 3.29. The zero-order valence-electron chi connectivity index (χ0n) is 12.6. The smallest absolute Gasteiger partial charge is 0.347 e. The number of carbonyl (C=O) groups is 1. The van der Waals surface area contributed by atoms with E-state index in [1.165, 1.54) is 12.5 Å². The van der Waals surface area contributed by atoms with E-state index >= 15 is 0 Å². The molecule has 0 N–H and O–H groups in total. The first-order chi connectivity index (χ1) is 10.7. The number of hydrogen-bond donors (Lipinski definition) is 0. The van der Waals surface area contributed by atoms with Crippen LogP contribution >= 0.6 is 11.6 Å². The Morgan fingerprint density at radius 2 is 2.05 bits per heavy atom. The lowest BCUT2D eigenvalue weighted by atomic mass is 10.1. The van der Waals surface area contributed by atoms with Crippen molar-refractivity contribution in [3.63, 3.8) is 0 Å². The molecule has 0 bridgehead atoms. The third-order valence-electron chi connectivity index (χ3n) is 3.06. The van der Waals surface area contributed by atoms with Crippen molar-refractivity contribution in [2.75, 3.05) is 6.61 Å². The van der Waals surface area contributed by atoms with Crippen molar-refractivity contribution in [2.45, 2.75) is 39.1 Å². The highest BCUT2D eigenvalue weighted by Crippen LogP contribution is 2.34. The van der Waals surface area contributed by atoms with Crippen LogP contribution in [0, 0.1) is 0 Å². The molecule has 1 aromatic carbocycles. The van der Waals surface area contributed by atoms with Crippen molar-refractivity contribution in [3.8, 4) is 5.75 Å². The Labute approximate surface area is 134 Å². The van der Waals surface area contributed by atoms with Crippen LogP contribution in [0.3, 0.4) is 0 Å². The Morgan fingerprint density at radius 1 is 1.32 bits per heavy atom. The molecule has 5 nitrogen and oxygen atoms in total. The van der Waals surface area contributed by atoms with Gasteiger partial charge in [-0.3, -0.25) is 0 Å². The largest absolute Gasteiger partial charge is 0.478 e. The van der Waals surface area contributed by atoms with Crippen LogP contribution in [0.25, 0.3) is 0 Å². The summed E-state index contributed by atoms with van der Waals surface area (Å²) in [7, 11) is 0. The Bertz CT molecular complexity index is 535. The van der Waals surface area contributed by atoms with Gasteiger partial charge in [0.1, 0.15) is 18.3 Å². The van der Waals surface area contributed by atoms with Crippen LogP contribution in [0.2, 0.25) is 5.02 Å². The molecule has 1 aromatic rings. The lowest BCUT2D eigenvalue weighted by Gasteiger charge is -2.21. The van der Waals surface area contributed by atoms with Crippen LogP contribution in [0.15, 0.2) is 30.7 Å². The van der Waals surface area contributed by atoms with Gasteiger partial charge in [0.2, 0.25) is 0 Å². The van der Waals surface area contributed by atoms with Gasteiger partial charge in [0.05, 0.1) is 12.2 Å². The van der Waals surface area contributed by atoms with E-state index in [1.807, 2.05) is 6.92 Å². The number of hydrogen-bond acceptors (Lipinski definition) is 5. The van der Waals surface area contributed by atoms with Crippen LogP contribution in [0.5, 0.6) is 5.75 Å². The van der Waals surface area contributed by atoms with E-state index < -0.39 is 12.4 Å². The van der Waals surface area contributed by atoms with Crippen LogP contribution < -0.4 is 4.74 Å². The van der Waals surface area contributed by atoms with Crippen molar-refractivity contribution in [1.29, 1.82) is 0 Å². The van der Waals surface area contributed by atoms with Gasteiger partial charge in [-0.05, 0) is 31.5 Å². The fourth-order valence-electron chi connectivity index (χ4n) is 2.07. The summed E-state index contributed by atoms with van der Waals surface area (Å²) in [6, 6.07) is 5.09. The maximum atomic E-state index is 12.0. The van der Waals surface area contributed by atoms with E-state index in [2.05, 4.69) is 0 Å². The standard InChI is InChI=1S/C16H19ClO5/c1-3-5-14(15(18)19-4-2)22-13-7-6-11(17)10-12(13)16-20-8-9-21-16/h6-10,14,16H,3-5H2,1-2H3. The molecule has 22 heavy (non-hydrogen) atoms. The maximum Gasteiger partial charge on any atom is 0.347 e. The molecule has 2 rings (SSSR count). The number of ether oxygens (including phenoxy) is 4. The molecule has 0 saturated carbocycles. The number of rotatable bonds is 7. The second kappa shape index (κ2) is 7.94. The number of carbonyl (C=O) groups excluding carboxylic acids is 1. The van der Waals surface area contributed by atoms with E-state index in [9.17, 15) is 4.79 Å². The molecule has 1 aliphatic rings. The molecule has 1 heterocycles. The van der Waals surface area contributed by atoms with Crippen molar-refractivity contribution >= 4 is 17.6 Å². The third kappa shape index (κ3) is 4.07. The van der Waals surface area contributed by atoms with E-state index in [0.717, 1.165) is 6.42 Å². The van der Waals surface area contributed by atoms with Crippen LogP contribution in [-0.4, -0.2) is 18.7 Å². The summed E-state index contributed by atoms with van der Waals surface area (Å²) in [5.74, 6) is 0.112. The lowest BCUT2D eigenvalue weighted by Crippen LogP contribution is -2.29. The average molecular weight is 327 g/mol. The van der Waals surface area contributed by atoms with Gasteiger partial charge in [0, 0.05) is 5.02 Å². The lowest BCUT2D eigenvalue weighted by molar-refractivity contribution is -0.151. The van der Waals surface area contributed by atoms with Crippen LogP contribution in [-0.2, 0) is 19.0 Å². The molecule has 1 atom stereocenters. The molecule has 0 fully saturated rings. The minimum atomic E-state index is -0.667. The Hall–Kier alpha value is -1.88. The summed E-state index contributed by atoms with van der Waals surface area (Å²) in [6.45, 7) is 4.06. The van der Waals surface area contributed by atoms with E-state index in [4.69, 9.17) is 30.5 Å². The van der Waals surface area contributed by atoms with Gasteiger partial charge in [-0.15, -0.1) is 0 Å². The minimum Gasteiger partial charge on any atom is -0.478 e. The Morgan fingerprint density at radius 3 is 2.68 bits per heavy atom. The van der Waals surface area contributed by atoms with Gasteiger partial charge in [-0.1, -0.05) is 24.9 Å². The maximum absolute atomic E-state index is 12.0. The van der Waals surface area contributed by atoms with Gasteiger partial charge in [-0.25, -0.2) is 4.79 Å². The molecule has 0 aliphatic carbocycles. The summed E-state index contributed by atoms with van der Waals surface area (Å²) in [4.78, 5) is 12.0. The van der Waals surface area contributed by atoms with Crippen molar-refractivity contribution < 1.29 is 23.7 Å². The topological polar surface area (TPSA) is 54.0 Å². The molecule has 0 amide bonds. The van der Waals surface area contributed by atoms with E-state index in [0.29, 0.717) is 29.4 Å². The Balaban J connectivity index is 2.20. The molecule has 0 aromatic heterocycles. The number of benzene rings is 1. The number of esters is 1. The highest BCUT2D eigenvalue weighted by atomic mass is 35.5. The molecule has 0 spiro atoms. The minimum absolute atomic E-state index is 0.314. The average Bonchev–Trinajstić information content (AvgIpc) is 3.02. The highest BCUT2D eigenvalue weighted by Gasteiger charge is 2.26.